The van der Waals surface area contributed by atoms with Crippen molar-refractivity contribution in [3.05, 3.63) is 29.8 Å². The Balaban J connectivity index is 2.59. The molecule has 19 heavy (non-hydrogen) atoms. The summed E-state index contributed by atoms with van der Waals surface area (Å²) >= 11 is 0. The third-order valence-corrected chi connectivity index (χ3v) is 2.95. The van der Waals surface area contributed by atoms with Crippen molar-refractivity contribution < 1.29 is 9.84 Å². The van der Waals surface area contributed by atoms with E-state index in [0.29, 0.717) is 6.42 Å². The van der Waals surface area contributed by atoms with E-state index in [0.717, 1.165) is 17.9 Å². The second kappa shape index (κ2) is 7.13. The Hall–Kier alpha value is -1.57. The summed E-state index contributed by atoms with van der Waals surface area (Å²) in [6.45, 7) is 6.59. The van der Waals surface area contributed by atoms with Crippen LogP contribution in [0.2, 0.25) is 0 Å². The number of aliphatic hydroxyl groups excluding tert-OH is 1. The highest BCUT2D eigenvalue weighted by atomic mass is 16.5. The highest BCUT2D eigenvalue weighted by molar-refractivity contribution is 5.27. The van der Waals surface area contributed by atoms with Crippen molar-refractivity contribution in [2.45, 2.75) is 45.4 Å². The Morgan fingerprint density at radius 1 is 1.42 bits per heavy atom. The van der Waals surface area contributed by atoms with E-state index in [1.807, 2.05) is 45.0 Å². The zero-order valence-electron chi connectivity index (χ0n) is 11.8. The van der Waals surface area contributed by atoms with Crippen molar-refractivity contribution >= 4 is 0 Å². The average molecular weight is 262 g/mol. The standard InChI is InChI=1S/C15H22N2O2/c1-4-17-15(3,11-16)9-12(2)19-14-7-5-13(10-18)6-8-14/h5-8,12,17-18H,4,9-10H2,1-3H3. The molecule has 0 spiro atoms. The topological polar surface area (TPSA) is 65.3 Å². The van der Waals surface area contributed by atoms with E-state index in [-0.39, 0.29) is 12.7 Å². The highest BCUT2D eigenvalue weighted by Crippen LogP contribution is 2.18. The van der Waals surface area contributed by atoms with Gasteiger partial charge in [0, 0.05) is 6.42 Å². The summed E-state index contributed by atoms with van der Waals surface area (Å²) in [5.74, 6) is 0.751. The van der Waals surface area contributed by atoms with Crippen molar-refractivity contribution in [1.82, 2.24) is 5.32 Å². The minimum absolute atomic E-state index is 0.0305. The monoisotopic (exact) mass is 262 g/mol. The molecule has 0 saturated carbocycles. The molecule has 2 atom stereocenters. The molecule has 2 N–H and O–H groups in total. The van der Waals surface area contributed by atoms with Gasteiger partial charge in [-0.05, 0) is 38.1 Å². The Kier molecular flexibility index (Phi) is 5.81. The number of aliphatic hydroxyl groups is 1. The Labute approximate surface area is 115 Å². The largest absolute Gasteiger partial charge is 0.491 e. The molecule has 1 aromatic rings. The fourth-order valence-corrected chi connectivity index (χ4v) is 2.07. The lowest BCUT2D eigenvalue weighted by Gasteiger charge is -2.26. The summed E-state index contributed by atoms with van der Waals surface area (Å²) in [5.41, 5.74) is 0.286. The zero-order chi connectivity index (χ0) is 14.3. The molecule has 1 aromatic carbocycles. The molecule has 0 amide bonds. The van der Waals surface area contributed by atoms with Crippen LogP contribution in [0.25, 0.3) is 0 Å². The molecular weight excluding hydrogens is 240 g/mol. The van der Waals surface area contributed by atoms with Gasteiger partial charge in [-0.15, -0.1) is 0 Å². The normalized spacial score (nSPS) is 15.3. The molecule has 4 heteroatoms. The molecule has 104 valence electrons. The van der Waals surface area contributed by atoms with Crippen molar-refractivity contribution in [1.29, 1.82) is 5.26 Å². The van der Waals surface area contributed by atoms with Crippen LogP contribution in [-0.2, 0) is 6.61 Å². The molecule has 0 aromatic heterocycles. The third kappa shape index (κ3) is 4.90. The number of benzene rings is 1. The summed E-state index contributed by atoms with van der Waals surface area (Å²) in [5, 5.41) is 21.3. The number of ether oxygens (including phenoxy) is 1. The van der Waals surface area contributed by atoms with Crippen LogP contribution in [0.15, 0.2) is 24.3 Å². The lowest BCUT2D eigenvalue weighted by Crippen LogP contribution is -2.44. The second-order valence-corrected chi connectivity index (χ2v) is 4.91. The van der Waals surface area contributed by atoms with E-state index in [1.165, 1.54) is 0 Å². The Bertz CT molecular complexity index is 425. The van der Waals surface area contributed by atoms with E-state index < -0.39 is 5.54 Å². The first-order chi connectivity index (χ1) is 9.03. The van der Waals surface area contributed by atoms with Crippen LogP contribution >= 0.6 is 0 Å². The predicted molar refractivity (Wildman–Crippen MR) is 74.8 cm³/mol. The van der Waals surface area contributed by atoms with E-state index in [1.54, 1.807) is 0 Å². The molecule has 0 saturated heterocycles. The van der Waals surface area contributed by atoms with Gasteiger partial charge in [0.1, 0.15) is 11.3 Å². The van der Waals surface area contributed by atoms with Crippen molar-refractivity contribution in [3.63, 3.8) is 0 Å². The number of hydrogen-bond acceptors (Lipinski definition) is 4. The van der Waals surface area contributed by atoms with Crippen molar-refractivity contribution in [2.75, 3.05) is 6.54 Å². The minimum atomic E-state index is -0.570. The van der Waals surface area contributed by atoms with Gasteiger partial charge in [0.05, 0.1) is 18.8 Å². The molecule has 0 aliphatic carbocycles. The summed E-state index contributed by atoms with van der Waals surface area (Å²) in [4.78, 5) is 0. The lowest BCUT2D eigenvalue weighted by atomic mass is 9.96. The Morgan fingerprint density at radius 2 is 2.05 bits per heavy atom. The van der Waals surface area contributed by atoms with Crippen LogP contribution in [0, 0.1) is 11.3 Å². The molecule has 2 unspecified atom stereocenters. The van der Waals surface area contributed by atoms with Crippen molar-refractivity contribution in [3.8, 4) is 11.8 Å². The number of nitriles is 1. The fourth-order valence-electron chi connectivity index (χ4n) is 2.07. The van der Waals surface area contributed by atoms with Crippen LogP contribution < -0.4 is 10.1 Å². The molecule has 1 rings (SSSR count). The van der Waals surface area contributed by atoms with E-state index in [4.69, 9.17) is 9.84 Å². The SMILES string of the molecule is CCNC(C)(C#N)CC(C)Oc1ccc(CO)cc1. The van der Waals surface area contributed by atoms with Gasteiger partial charge in [-0.3, -0.25) is 5.32 Å². The number of nitrogens with one attached hydrogen (secondary N) is 1. The maximum atomic E-state index is 9.20. The summed E-state index contributed by atoms with van der Waals surface area (Å²) in [6, 6.07) is 9.61. The Morgan fingerprint density at radius 3 is 2.53 bits per heavy atom. The fraction of sp³-hybridized carbons (Fsp3) is 0.533. The summed E-state index contributed by atoms with van der Waals surface area (Å²) < 4.78 is 5.78. The first-order valence-corrected chi connectivity index (χ1v) is 6.55. The predicted octanol–water partition coefficient (Wildman–Crippen LogP) is 2.23. The van der Waals surface area contributed by atoms with E-state index >= 15 is 0 Å². The molecule has 0 aliphatic heterocycles. The number of rotatable bonds is 7. The van der Waals surface area contributed by atoms with Gasteiger partial charge in [-0.25, -0.2) is 0 Å². The highest BCUT2D eigenvalue weighted by Gasteiger charge is 2.26. The van der Waals surface area contributed by atoms with Crippen molar-refractivity contribution in [2.24, 2.45) is 0 Å². The maximum absolute atomic E-state index is 9.20. The van der Waals surface area contributed by atoms with E-state index in [2.05, 4.69) is 11.4 Å². The maximum Gasteiger partial charge on any atom is 0.119 e. The van der Waals surface area contributed by atoms with Gasteiger partial charge in [-0.1, -0.05) is 19.1 Å². The van der Waals surface area contributed by atoms with Crippen LogP contribution in [0.3, 0.4) is 0 Å². The quantitative estimate of drug-likeness (QED) is 0.791. The molecular formula is C15H22N2O2. The lowest BCUT2D eigenvalue weighted by molar-refractivity contribution is 0.180. The van der Waals surface area contributed by atoms with Gasteiger partial charge in [0.2, 0.25) is 0 Å². The summed E-state index contributed by atoms with van der Waals surface area (Å²) in [6.07, 6.45) is 0.544. The molecule has 0 fully saturated rings. The van der Waals surface area contributed by atoms with Crippen LogP contribution in [-0.4, -0.2) is 23.3 Å². The summed E-state index contributed by atoms with van der Waals surface area (Å²) in [7, 11) is 0. The number of hydrogen-bond donors (Lipinski definition) is 2. The second-order valence-electron chi connectivity index (χ2n) is 4.91. The van der Waals surface area contributed by atoms with Gasteiger partial charge >= 0.3 is 0 Å². The minimum Gasteiger partial charge on any atom is -0.491 e. The van der Waals surface area contributed by atoms with E-state index in [9.17, 15) is 5.26 Å². The molecule has 0 aliphatic rings. The molecule has 4 nitrogen and oxygen atoms in total. The van der Waals surface area contributed by atoms with Crippen LogP contribution in [0.5, 0.6) is 5.75 Å². The third-order valence-electron chi connectivity index (χ3n) is 2.95. The van der Waals surface area contributed by atoms with Gasteiger partial charge < -0.3 is 9.84 Å². The first-order valence-electron chi connectivity index (χ1n) is 6.55. The molecule has 0 radical (unpaired) electrons. The smallest absolute Gasteiger partial charge is 0.119 e. The van der Waals surface area contributed by atoms with Gasteiger partial charge in [0.15, 0.2) is 0 Å². The first kappa shape index (κ1) is 15.5. The molecule has 0 heterocycles. The van der Waals surface area contributed by atoms with Gasteiger partial charge in [0.25, 0.3) is 0 Å². The average Bonchev–Trinajstić information content (AvgIpc) is 2.39. The zero-order valence-corrected chi connectivity index (χ0v) is 11.8. The molecule has 0 bridgehead atoms. The van der Waals surface area contributed by atoms with Crippen LogP contribution in [0.4, 0.5) is 0 Å². The number of nitrogens with zero attached hydrogens (tertiary/aromatic N) is 1. The van der Waals surface area contributed by atoms with Gasteiger partial charge in [-0.2, -0.15) is 5.26 Å². The van der Waals surface area contributed by atoms with Crippen LogP contribution in [0.1, 0.15) is 32.8 Å².